The molecular formula is C23H28FN3O6S. The number of rotatable bonds is 8. The highest BCUT2D eigenvalue weighted by atomic mass is 32.2. The van der Waals surface area contributed by atoms with Gasteiger partial charge in [0.2, 0.25) is 10.0 Å². The molecule has 1 fully saturated rings. The Morgan fingerprint density at radius 3 is 2.41 bits per heavy atom. The van der Waals surface area contributed by atoms with Gasteiger partial charge in [-0.05, 0) is 36.4 Å². The van der Waals surface area contributed by atoms with Crippen LogP contribution in [0.1, 0.15) is 34.6 Å². The van der Waals surface area contributed by atoms with Gasteiger partial charge in [-0.2, -0.15) is 4.31 Å². The predicted octanol–water partition coefficient (Wildman–Crippen LogP) is 2.73. The van der Waals surface area contributed by atoms with Crippen LogP contribution in [-0.2, 0) is 19.5 Å². The van der Waals surface area contributed by atoms with Crippen molar-refractivity contribution in [3.63, 3.8) is 0 Å². The number of hydrogen-bond acceptors (Lipinski definition) is 7. The third-order valence-electron chi connectivity index (χ3n) is 5.55. The van der Waals surface area contributed by atoms with Gasteiger partial charge in [-0.15, -0.1) is 0 Å². The summed E-state index contributed by atoms with van der Waals surface area (Å²) in [6.45, 7) is 6.05. The van der Waals surface area contributed by atoms with Crippen LogP contribution in [0.15, 0.2) is 41.3 Å². The summed E-state index contributed by atoms with van der Waals surface area (Å²) >= 11 is 0. The number of carbonyl (C=O) groups is 2. The lowest BCUT2D eigenvalue weighted by Gasteiger charge is -2.29. The number of halogens is 1. The van der Waals surface area contributed by atoms with Gasteiger partial charge in [-0.1, -0.05) is 13.8 Å². The van der Waals surface area contributed by atoms with Crippen LogP contribution < -0.4 is 10.2 Å². The summed E-state index contributed by atoms with van der Waals surface area (Å²) in [4.78, 5) is 26.8. The van der Waals surface area contributed by atoms with E-state index >= 15 is 0 Å². The normalized spacial score (nSPS) is 14.2. The lowest BCUT2D eigenvalue weighted by Crippen LogP contribution is -2.36. The molecule has 0 unspecified atom stereocenters. The molecule has 0 aliphatic carbocycles. The number of morpholine rings is 1. The number of sulfonamides is 1. The number of hydrogen-bond donors (Lipinski definition) is 1. The predicted molar refractivity (Wildman–Crippen MR) is 125 cm³/mol. The summed E-state index contributed by atoms with van der Waals surface area (Å²) in [6.07, 6.45) is 0. The lowest BCUT2D eigenvalue weighted by atomic mass is 10.1. The fourth-order valence-electron chi connectivity index (χ4n) is 3.68. The van der Waals surface area contributed by atoms with Gasteiger partial charge in [0.1, 0.15) is 10.7 Å². The first-order valence-electron chi connectivity index (χ1n) is 10.9. The van der Waals surface area contributed by atoms with Crippen molar-refractivity contribution >= 4 is 33.3 Å². The Labute approximate surface area is 198 Å². The number of nitrogens with one attached hydrogen (secondary N) is 1. The van der Waals surface area contributed by atoms with Crippen molar-refractivity contribution in [3.05, 3.63) is 53.3 Å². The minimum atomic E-state index is -4.12. The Kier molecular flexibility index (Phi) is 8.24. The number of esters is 1. The molecule has 0 bridgehead atoms. The molecule has 1 aliphatic heterocycles. The van der Waals surface area contributed by atoms with E-state index in [2.05, 4.69) is 5.32 Å². The second-order valence-corrected chi connectivity index (χ2v) is 9.42. The first-order valence-corrected chi connectivity index (χ1v) is 12.3. The summed E-state index contributed by atoms with van der Waals surface area (Å²) in [5.41, 5.74) is 1.03. The molecule has 0 saturated carbocycles. The Morgan fingerprint density at radius 2 is 1.79 bits per heavy atom. The highest BCUT2D eigenvalue weighted by Gasteiger charge is 2.27. The summed E-state index contributed by atoms with van der Waals surface area (Å²) < 4.78 is 51.3. The van der Waals surface area contributed by atoms with Crippen LogP contribution >= 0.6 is 0 Å². The Bertz CT molecular complexity index is 1160. The van der Waals surface area contributed by atoms with E-state index in [0.29, 0.717) is 26.3 Å². The van der Waals surface area contributed by atoms with Crippen molar-refractivity contribution in [2.24, 2.45) is 0 Å². The SMILES string of the molecule is CCN(CC)S(=O)(=O)c1cc(C(=O)Nc2ccc(N3CCOCC3)cc2C(=O)OC)ccc1F. The Hall–Kier alpha value is -3.02. The minimum absolute atomic E-state index is 0.0693. The molecule has 0 radical (unpaired) electrons. The Morgan fingerprint density at radius 1 is 1.12 bits per heavy atom. The number of nitrogens with zero attached hydrogens (tertiary/aromatic N) is 2. The summed E-state index contributed by atoms with van der Waals surface area (Å²) in [6, 6.07) is 8.08. The van der Waals surface area contributed by atoms with E-state index in [1.165, 1.54) is 13.2 Å². The zero-order valence-electron chi connectivity index (χ0n) is 19.3. The minimum Gasteiger partial charge on any atom is -0.465 e. The number of carbonyl (C=O) groups excluding carboxylic acids is 2. The number of ether oxygens (including phenoxy) is 2. The van der Waals surface area contributed by atoms with Gasteiger partial charge in [0.05, 0.1) is 31.6 Å². The molecule has 9 nitrogen and oxygen atoms in total. The van der Waals surface area contributed by atoms with Gasteiger partial charge in [0.15, 0.2) is 0 Å². The van der Waals surface area contributed by atoms with Crippen LogP contribution in [-0.4, -0.2) is 71.1 Å². The summed E-state index contributed by atoms with van der Waals surface area (Å²) in [7, 11) is -2.88. The molecule has 11 heteroatoms. The topological polar surface area (TPSA) is 105 Å². The van der Waals surface area contributed by atoms with Crippen molar-refractivity contribution in [2.75, 3.05) is 56.7 Å². The van der Waals surface area contributed by atoms with E-state index in [1.807, 2.05) is 4.90 Å². The standard InChI is InChI=1S/C23H28FN3O6S/c1-4-27(5-2)34(30,31)21-14-16(6-8-19(21)24)22(28)25-20-9-7-17(15-18(20)23(29)32-3)26-10-12-33-13-11-26/h6-9,14-15H,4-5,10-13H2,1-3H3,(H,25,28). The van der Waals surface area contributed by atoms with Crippen molar-refractivity contribution in [3.8, 4) is 0 Å². The third kappa shape index (κ3) is 5.37. The van der Waals surface area contributed by atoms with E-state index in [1.54, 1.807) is 32.0 Å². The molecule has 0 atom stereocenters. The van der Waals surface area contributed by atoms with Crippen molar-refractivity contribution in [1.29, 1.82) is 0 Å². The molecule has 1 saturated heterocycles. The number of amides is 1. The van der Waals surface area contributed by atoms with E-state index in [-0.39, 0.29) is 29.9 Å². The largest absolute Gasteiger partial charge is 0.465 e. The van der Waals surface area contributed by atoms with Gasteiger partial charge < -0.3 is 19.7 Å². The van der Waals surface area contributed by atoms with E-state index in [4.69, 9.17) is 9.47 Å². The first-order chi connectivity index (χ1) is 16.2. The van der Waals surface area contributed by atoms with Crippen LogP contribution in [0, 0.1) is 5.82 Å². The smallest absolute Gasteiger partial charge is 0.340 e. The van der Waals surface area contributed by atoms with Gasteiger partial charge in [-0.25, -0.2) is 17.6 Å². The fourth-order valence-corrected chi connectivity index (χ4v) is 5.23. The molecule has 0 spiro atoms. The molecule has 0 aromatic heterocycles. The second kappa shape index (κ2) is 10.9. The summed E-state index contributed by atoms with van der Waals surface area (Å²) in [5.74, 6) is -2.29. The molecule has 3 rings (SSSR count). The number of benzene rings is 2. The average molecular weight is 494 g/mol. The zero-order valence-corrected chi connectivity index (χ0v) is 20.2. The molecule has 1 aliphatic rings. The average Bonchev–Trinajstić information content (AvgIpc) is 2.85. The van der Waals surface area contributed by atoms with Crippen molar-refractivity contribution in [2.45, 2.75) is 18.7 Å². The van der Waals surface area contributed by atoms with Crippen LogP contribution in [0.4, 0.5) is 15.8 Å². The molecule has 2 aromatic carbocycles. The Balaban J connectivity index is 1.92. The van der Waals surface area contributed by atoms with Gasteiger partial charge >= 0.3 is 5.97 Å². The molecule has 34 heavy (non-hydrogen) atoms. The molecule has 1 amide bonds. The van der Waals surface area contributed by atoms with Crippen LogP contribution in [0.2, 0.25) is 0 Å². The van der Waals surface area contributed by atoms with Crippen LogP contribution in [0.25, 0.3) is 0 Å². The maximum atomic E-state index is 14.4. The van der Waals surface area contributed by atoms with Crippen molar-refractivity contribution in [1.82, 2.24) is 4.31 Å². The highest BCUT2D eigenvalue weighted by molar-refractivity contribution is 7.89. The quantitative estimate of drug-likeness (QED) is 0.564. The number of methoxy groups -OCH3 is 1. The van der Waals surface area contributed by atoms with Crippen molar-refractivity contribution < 1.29 is 31.9 Å². The third-order valence-corrected chi connectivity index (χ3v) is 7.61. The molecule has 184 valence electrons. The van der Waals surface area contributed by atoms with E-state index in [9.17, 15) is 22.4 Å². The lowest BCUT2D eigenvalue weighted by molar-refractivity contribution is 0.0602. The van der Waals surface area contributed by atoms with Gasteiger partial charge in [0.25, 0.3) is 5.91 Å². The zero-order chi connectivity index (χ0) is 24.9. The second-order valence-electron chi connectivity index (χ2n) is 7.51. The monoisotopic (exact) mass is 493 g/mol. The van der Waals surface area contributed by atoms with Crippen LogP contribution in [0.3, 0.4) is 0 Å². The van der Waals surface area contributed by atoms with Gasteiger partial charge in [-0.3, -0.25) is 4.79 Å². The maximum absolute atomic E-state index is 14.4. The fraction of sp³-hybridized carbons (Fsp3) is 0.391. The van der Waals surface area contributed by atoms with E-state index < -0.39 is 32.6 Å². The molecular weight excluding hydrogens is 465 g/mol. The van der Waals surface area contributed by atoms with E-state index in [0.717, 1.165) is 22.1 Å². The summed E-state index contributed by atoms with van der Waals surface area (Å²) in [5, 5.41) is 2.61. The maximum Gasteiger partial charge on any atom is 0.340 e. The molecule has 1 heterocycles. The molecule has 2 aromatic rings. The van der Waals surface area contributed by atoms with Gasteiger partial charge in [0, 0.05) is 37.4 Å². The highest BCUT2D eigenvalue weighted by Crippen LogP contribution is 2.26. The number of anilines is 2. The molecule has 1 N–H and O–H groups in total. The van der Waals surface area contributed by atoms with Crippen LogP contribution in [0.5, 0.6) is 0 Å². The first kappa shape index (κ1) is 25.6.